The van der Waals surface area contributed by atoms with Gasteiger partial charge in [-0.3, -0.25) is 4.79 Å². The van der Waals surface area contributed by atoms with Gasteiger partial charge in [-0.25, -0.2) is 0 Å². The van der Waals surface area contributed by atoms with Gasteiger partial charge >= 0.3 is 0 Å². The molecule has 1 heterocycles. The lowest BCUT2D eigenvalue weighted by Crippen LogP contribution is -2.03. The van der Waals surface area contributed by atoms with Crippen molar-refractivity contribution < 1.29 is 14.3 Å². The molecule has 2 aromatic rings. The molecule has 4 bridgehead atoms. The summed E-state index contributed by atoms with van der Waals surface area (Å²) in [6.07, 6.45) is 2.67. The van der Waals surface area contributed by atoms with Crippen molar-refractivity contribution in [3.63, 3.8) is 0 Å². The normalized spacial score (nSPS) is 14.6. The van der Waals surface area contributed by atoms with E-state index in [-0.39, 0.29) is 0 Å². The Bertz CT molecular complexity index is 661. The third-order valence-corrected chi connectivity index (χ3v) is 3.74. The maximum Gasteiger partial charge on any atom is 0.169 e. The monoisotopic (exact) mass is 282 g/mol. The Hall–Kier alpha value is -2.29. The topological polar surface area (TPSA) is 35.5 Å². The number of hydrogen-bond donors (Lipinski definition) is 0. The molecule has 0 fully saturated rings. The largest absolute Gasteiger partial charge is 0.493 e. The third-order valence-electron chi connectivity index (χ3n) is 3.74. The summed E-state index contributed by atoms with van der Waals surface area (Å²) in [6.45, 7) is 0. The van der Waals surface area contributed by atoms with Crippen LogP contribution in [0.4, 0.5) is 0 Å². The maximum absolute atomic E-state index is 12.0. The van der Waals surface area contributed by atoms with E-state index in [4.69, 9.17) is 9.47 Å². The second kappa shape index (κ2) is 6.00. The average Bonchev–Trinajstić information content (AvgIpc) is 2.51. The molecule has 0 N–H and O–H groups in total. The van der Waals surface area contributed by atoms with E-state index >= 15 is 0 Å². The number of ether oxygens (including phenoxy) is 2. The zero-order valence-corrected chi connectivity index (χ0v) is 12.1. The van der Waals surface area contributed by atoms with E-state index in [9.17, 15) is 4.79 Å². The molecule has 3 nitrogen and oxygen atoms in total. The van der Waals surface area contributed by atoms with Crippen LogP contribution >= 0.6 is 0 Å². The van der Waals surface area contributed by atoms with Gasteiger partial charge in [0.2, 0.25) is 0 Å². The van der Waals surface area contributed by atoms with Crippen LogP contribution in [0.25, 0.3) is 0 Å². The number of methoxy groups -OCH3 is 1. The molecule has 0 unspecified atom stereocenters. The van der Waals surface area contributed by atoms with Gasteiger partial charge in [0, 0.05) is 12.8 Å². The predicted octanol–water partition coefficient (Wildman–Crippen LogP) is 3.94. The van der Waals surface area contributed by atoms with Crippen LogP contribution in [0.1, 0.15) is 24.0 Å². The summed E-state index contributed by atoms with van der Waals surface area (Å²) in [4.78, 5) is 12.0. The second-order valence-electron chi connectivity index (χ2n) is 5.27. The molecule has 3 rings (SSSR count). The highest BCUT2D eigenvalue weighted by Crippen LogP contribution is 2.33. The number of rotatable bonds is 1. The first-order chi connectivity index (χ1) is 10.2. The van der Waals surface area contributed by atoms with Crippen LogP contribution in [0, 0.1) is 0 Å². The van der Waals surface area contributed by atoms with Gasteiger partial charge in [-0.05, 0) is 48.2 Å². The lowest BCUT2D eigenvalue weighted by molar-refractivity contribution is -0.119. The minimum atomic E-state index is 0.305. The van der Waals surface area contributed by atoms with Gasteiger partial charge in [-0.15, -0.1) is 0 Å². The molecule has 0 aromatic heterocycles. The van der Waals surface area contributed by atoms with Crippen LogP contribution in [0.2, 0.25) is 0 Å². The average molecular weight is 282 g/mol. The maximum atomic E-state index is 12.0. The molecule has 0 amide bonds. The highest BCUT2D eigenvalue weighted by atomic mass is 16.5. The van der Waals surface area contributed by atoms with Gasteiger partial charge in [0.15, 0.2) is 11.5 Å². The molecule has 108 valence electrons. The smallest absolute Gasteiger partial charge is 0.169 e. The summed E-state index contributed by atoms with van der Waals surface area (Å²) in [6, 6.07) is 13.7. The number of ketones is 1. The highest BCUT2D eigenvalue weighted by molar-refractivity contribution is 5.79. The Morgan fingerprint density at radius 1 is 0.952 bits per heavy atom. The molecule has 0 atom stereocenters. The lowest BCUT2D eigenvalue weighted by Gasteiger charge is -2.14. The van der Waals surface area contributed by atoms with E-state index in [0.29, 0.717) is 30.1 Å². The summed E-state index contributed by atoms with van der Waals surface area (Å²) in [5, 5.41) is 0. The van der Waals surface area contributed by atoms with Gasteiger partial charge in [0.1, 0.15) is 11.5 Å². The molecule has 0 radical (unpaired) electrons. The van der Waals surface area contributed by atoms with Crippen molar-refractivity contribution in [2.24, 2.45) is 0 Å². The number of hydrogen-bond acceptors (Lipinski definition) is 3. The van der Waals surface area contributed by atoms with Crippen molar-refractivity contribution in [3.8, 4) is 17.2 Å². The first kappa shape index (κ1) is 13.7. The van der Waals surface area contributed by atoms with Crippen molar-refractivity contribution in [3.05, 3.63) is 53.6 Å². The summed E-state index contributed by atoms with van der Waals surface area (Å²) < 4.78 is 11.3. The van der Waals surface area contributed by atoms with Crippen molar-refractivity contribution in [2.75, 3.05) is 7.11 Å². The molecule has 0 aliphatic carbocycles. The molecule has 0 saturated heterocycles. The number of benzene rings is 2. The zero-order valence-electron chi connectivity index (χ0n) is 12.1. The molecule has 1 aliphatic rings. The minimum absolute atomic E-state index is 0.305. The Labute approximate surface area is 124 Å². The van der Waals surface area contributed by atoms with E-state index in [0.717, 1.165) is 29.7 Å². The number of Topliss-reactive ketones (excluding diaryl/α,β-unsaturated/α-hetero) is 1. The van der Waals surface area contributed by atoms with Gasteiger partial charge in [0.05, 0.1) is 7.11 Å². The van der Waals surface area contributed by atoms with Crippen molar-refractivity contribution in [1.29, 1.82) is 0 Å². The van der Waals surface area contributed by atoms with Crippen molar-refractivity contribution in [1.82, 2.24) is 0 Å². The highest BCUT2D eigenvalue weighted by Gasteiger charge is 2.11. The van der Waals surface area contributed by atoms with Gasteiger partial charge in [-0.1, -0.05) is 18.2 Å². The first-order valence-electron chi connectivity index (χ1n) is 7.20. The van der Waals surface area contributed by atoms with E-state index in [1.54, 1.807) is 7.11 Å². The molecule has 1 aliphatic heterocycles. The summed E-state index contributed by atoms with van der Waals surface area (Å²) in [5.74, 6) is 2.47. The molecule has 0 spiro atoms. The fourth-order valence-electron chi connectivity index (χ4n) is 2.54. The number of aryl methyl sites for hydroxylation is 2. The number of carbonyl (C=O) groups excluding carboxylic acids is 1. The predicted molar refractivity (Wildman–Crippen MR) is 81.2 cm³/mol. The first-order valence-corrected chi connectivity index (χ1v) is 7.20. The van der Waals surface area contributed by atoms with Crippen LogP contribution in [-0.2, 0) is 17.6 Å². The van der Waals surface area contributed by atoms with Crippen LogP contribution in [0.15, 0.2) is 42.5 Å². The van der Waals surface area contributed by atoms with Crippen molar-refractivity contribution >= 4 is 5.78 Å². The fraction of sp³-hybridized carbons (Fsp3) is 0.278. The third kappa shape index (κ3) is 3.24. The Morgan fingerprint density at radius 3 is 2.48 bits per heavy atom. The zero-order chi connectivity index (χ0) is 14.7. The molecule has 3 heteroatoms. The quantitative estimate of drug-likeness (QED) is 0.795. The molecule has 2 aromatic carbocycles. The molecular formula is C18H18O3. The van der Waals surface area contributed by atoms with Crippen LogP contribution < -0.4 is 9.47 Å². The SMILES string of the molecule is COc1ccc2cc1Oc1cccc(c1)CCC(=O)CC2. The van der Waals surface area contributed by atoms with E-state index in [2.05, 4.69) is 0 Å². The lowest BCUT2D eigenvalue weighted by atomic mass is 10.0. The second-order valence-corrected chi connectivity index (χ2v) is 5.27. The van der Waals surface area contributed by atoms with Crippen LogP contribution in [0.5, 0.6) is 17.2 Å². The van der Waals surface area contributed by atoms with E-state index in [1.165, 1.54) is 0 Å². The summed E-state index contributed by atoms with van der Waals surface area (Å²) in [7, 11) is 1.63. The van der Waals surface area contributed by atoms with Gasteiger partial charge in [0.25, 0.3) is 0 Å². The van der Waals surface area contributed by atoms with Gasteiger partial charge < -0.3 is 9.47 Å². The van der Waals surface area contributed by atoms with Crippen LogP contribution in [-0.4, -0.2) is 12.9 Å². The number of carbonyl (C=O) groups is 1. The Balaban J connectivity index is 2.02. The van der Waals surface area contributed by atoms with Crippen molar-refractivity contribution in [2.45, 2.75) is 25.7 Å². The Kier molecular flexibility index (Phi) is 3.91. The number of fused-ring (bicyclic) bond motifs is 4. The standard InChI is InChI=1S/C18H18O3/c1-20-17-10-7-14-6-9-15(19)8-5-13-3-2-4-16(11-13)21-18(17)12-14/h2-4,7,10-12H,5-6,8-9H2,1H3. The molecular weight excluding hydrogens is 264 g/mol. The summed E-state index contributed by atoms with van der Waals surface area (Å²) in [5.41, 5.74) is 2.22. The Morgan fingerprint density at radius 2 is 1.71 bits per heavy atom. The fourth-order valence-corrected chi connectivity index (χ4v) is 2.54. The molecule has 21 heavy (non-hydrogen) atoms. The van der Waals surface area contributed by atoms with E-state index < -0.39 is 0 Å². The summed E-state index contributed by atoms with van der Waals surface area (Å²) >= 11 is 0. The van der Waals surface area contributed by atoms with E-state index in [1.807, 2.05) is 42.5 Å². The minimum Gasteiger partial charge on any atom is -0.493 e. The van der Waals surface area contributed by atoms with Gasteiger partial charge in [-0.2, -0.15) is 0 Å². The molecule has 0 saturated carbocycles. The van der Waals surface area contributed by atoms with Crippen LogP contribution in [0.3, 0.4) is 0 Å².